The van der Waals surface area contributed by atoms with E-state index in [4.69, 9.17) is 16.3 Å². The summed E-state index contributed by atoms with van der Waals surface area (Å²) in [6.45, 7) is 6.06. The van der Waals surface area contributed by atoms with Crippen LogP contribution in [0.5, 0.6) is 0 Å². The predicted molar refractivity (Wildman–Crippen MR) is 135 cm³/mol. The van der Waals surface area contributed by atoms with E-state index in [1.807, 2.05) is 20.8 Å². The Labute approximate surface area is 214 Å². The van der Waals surface area contributed by atoms with Crippen LogP contribution in [0.3, 0.4) is 0 Å². The minimum Gasteiger partial charge on any atom is -0.501 e. The fourth-order valence-corrected chi connectivity index (χ4v) is 5.34. The molecule has 0 fully saturated rings. The van der Waals surface area contributed by atoms with Gasteiger partial charge in [0.25, 0.3) is 21.8 Å². The van der Waals surface area contributed by atoms with Crippen LogP contribution >= 0.6 is 11.6 Å². The summed E-state index contributed by atoms with van der Waals surface area (Å²) < 4.78 is 33.9. The molecule has 0 radical (unpaired) electrons. The molecule has 8 nitrogen and oxygen atoms in total. The molecular formula is C26H25ClN2O6S. The zero-order chi connectivity index (χ0) is 26.4. The van der Waals surface area contributed by atoms with Crippen molar-refractivity contribution in [1.29, 1.82) is 0 Å². The van der Waals surface area contributed by atoms with Crippen LogP contribution < -0.4 is 4.72 Å². The fourth-order valence-electron chi connectivity index (χ4n) is 4.03. The van der Waals surface area contributed by atoms with Crippen molar-refractivity contribution in [1.82, 2.24) is 4.90 Å². The molecule has 2 aromatic rings. The van der Waals surface area contributed by atoms with E-state index in [1.54, 1.807) is 12.1 Å². The first-order valence-corrected chi connectivity index (χ1v) is 13.0. The molecule has 1 N–H and O–H groups in total. The number of nitrogens with zero attached hydrogens (tertiary/aromatic N) is 1. The molecule has 2 aromatic carbocycles. The third-order valence-electron chi connectivity index (χ3n) is 6.00. The SMILES string of the molecule is COC1=CC(N2C(=O)c3c(Cl)ccc(NS(=O)(=O)c4ccc(C(C)(C)C)cc4)c3C2=O)=CCC(=O)C1. The Kier molecular flexibility index (Phi) is 6.57. The van der Waals surface area contributed by atoms with Gasteiger partial charge in [0, 0.05) is 12.5 Å². The van der Waals surface area contributed by atoms with E-state index < -0.39 is 21.8 Å². The first-order valence-electron chi connectivity index (χ1n) is 11.1. The van der Waals surface area contributed by atoms with E-state index in [-0.39, 0.29) is 56.5 Å². The Bertz CT molecular complexity index is 1450. The maximum atomic E-state index is 13.5. The van der Waals surface area contributed by atoms with E-state index >= 15 is 0 Å². The van der Waals surface area contributed by atoms with Gasteiger partial charge in [-0.3, -0.25) is 19.1 Å². The Balaban J connectivity index is 1.73. The highest BCUT2D eigenvalue weighted by Gasteiger charge is 2.42. The average molecular weight is 529 g/mol. The number of methoxy groups -OCH3 is 1. The summed E-state index contributed by atoms with van der Waals surface area (Å²) in [5.41, 5.74) is 0.615. The number of carbonyl (C=O) groups is 3. The van der Waals surface area contributed by atoms with Crippen LogP contribution in [0.1, 0.15) is 59.9 Å². The molecule has 1 aliphatic heterocycles. The van der Waals surface area contributed by atoms with Gasteiger partial charge in [-0.2, -0.15) is 0 Å². The lowest BCUT2D eigenvalue weighted by atomic mass is 9.87. The van der Waals surface area contributed by atoms with Gasteiger partial charge < -0.3 is 4.74 Å². The third-order valence-corrected chi connectivity index (χ3v) is 7.70. The number of benzene rings is 2. The Morgan fingerprint density at radius 2 is 1.61 bits per heavy atom. The molecule has 1 heterocycles. The van der Waals surface area contributed by atoms with Crippen LogP contribution in [-0.4, -0.2) is 38.0 Å². The van der Waals surface area contributed by atoms with Crippen molar-refractivity contribution in [3.8, 4) is 0 Å². The summed E-state index contributed by atoms with van der Waals surface area (Å²) >= 11 is 6.28. The van der Waals surface area contributed by atoms with Crippen LogP contribution in [0.15, 0.2) is 64.9 Å². The second-order valence-electron chi connectivity index (χ2n) is 9.53. The van der Waals surface area contributed by atoms with E-state index in [0.29, 0.717) is 5.76 Å². The summed E-state index contributed by atoms with van der Waals surface area (Å²) in [4.78, 5) is 39.6. The Hall–Kier alpha value is -3.43. The topological polar surface area (TPSA) is 110 Å². The van der Waals surface area contributed by atoms with E-state index in [1.165, 1.54) is 43.5 Å². The van der Waals surface area contributed by atoms with Gasteiger partial charge in [-0.05, 0) is 35.2 Å². The number of carbonyl (C=O) groups excluding carboxylic acids is 3. The predicted octanol–water partition coefficient (Wildman–Crippen LogP) is 4.81. The number of hydrogen-bond acceptors (Lipinski definition) is 6. The smallest absolute Gasteiger partial charge is 0.268 e. The molecule has 1 aliphatic carbocycles. The molecule has 0 aromatic heterocycles. The van der Waals surface area contributed by atoms with Crippen molar-refractivity contribution in [3.05, 3.63) is 81.7 Å². The summed E-state index contributed by atoms with van der Waals surface area (Å²) in [6.07, 6.45) is 2.94. The van der Waals surface area contributed by atoms with E-state index in [9.17, 15) is 22.8 Å². The van der Waals surface area contributed by atoms with Crippen molar-refractivity contribution in [2.75, 3.05) is 11.8 Å². The number of hydrogen-bond donors (Lipinski definition) is 1. The summed E-state index contributed by atoms with van der Waals surface area (Å²) in [7, 11) is -2.69. The van der Waals surface area contributed by atoms with Gasteiger partial charge in [-0.15, -0.1) is 0 Å². The monoisotopic (exact) mass is 528 g/mol. The number of nitrogens with one attached hydrogen (secondary N) is 1. The van der Waals surface area contributed by atoms with Crippen molar-refractivity contribution in [2.24, 2.45) is 0 Å². The second-order valence-corrected chi connectivity index (χ2v) is 11.6. The molecule has 4 rings (SSSR count). The standard InChI is InChI=1S/C26H25ClN2O6S/c1-26(2,3)15-5-9-19(10-6-15)36(33,34)28-21-12-11-20(27)22-23(21)25(32)29(24(22)31)16-7-8-17(30)14-18(13-16)35-4/h5-7,9-13,28H,8,14H2,1-4H3. The maximum Gasteiger partial charge on any atom is 0.268 e. The molecule has 0 atom stereocenters. The number of ether oxygens (including phenoxy) is 1. The highest BCUT2D eigenvalue weighted by Crippen LogP contribution is 2.38. The molecule has 0 saturated carbocycles. The van der Waals surface area contributed by atoms with Crippen LogP contribution in [0.2, 0.25) is 5.02 Å². The normalized spacial score (nSPS) is 16.4. The molecular weight excluding hydrogens is 504 g/mol. The number of fused-ring (bicyclic) bond motifs is 1. The van der Waals surface area contributed by atoms with Gasteiger partial charge in [0.15, 0.2) is 0 Å². The fraction of sp³-hybridized carbons (Fsp3) is 0.269. The molecule has 0 spiro atoms. The molecule has 10 heteroatoms. The number of sulfonamides is 1. The summed E-state index contributed by atoms with van der Waals surface area (Å²) in [5.74, 6) is -1.32. The van der Waals surface area contributed by atoms with E-state index in [0.717, 1.165) is 10.5 Å². The summed E-state index contributed by atoms with van der Waals surface area (Å²) in [6, 6.07) is 9.15. The first-order chi connectivity index (χ1) is 16.8. The van der Waals surface area contributed by atoms with E-state index in [2.05, 4.69) is 4.72 Å². The number of amides is 2. The van der Waals surface area contributed by atoms with Crippen LogP contribution in [0, 0.1) is 0 Å². The molecule has 188 valence electrons. The highest BCUT2D eigenvalue weighted by atomic mass is 35.5. The molecule has 0 unspecified atom stereocenters. The maximum absolute atomic E-state index is 13.5. The number of rotatable bonds is 5. The first kappa shape index (κ1) is 25.7. The van der Waals surface area contributed by atoms with Crippen molar-refractivity contribution < 1.29 is 27.5 Å². The van der Waals surface area contributed by atoms with Gasteiger partial charge in [0.2, 0.25) is 0 Å². The van der Waals surface area contributed by atoms with Crippen LogP contribution in [0.25, 0.3) is 0 Å². The van der Waals surface area contributed by atoms with Crippen molar-refractivity contribution >= 4 is 44.9 Å². The molecule has 2 amide bonds. The zero-order valence-electron chi connectivity index (χ0n) is 20.2. The highest BCUT2D eigenvalue weighted by molar-refractivity contribution is 7.92. The lowest BCUT2D eigenvalue weighted by Gasteiger charge is -2.19. The molecule has 0 saturated heterocycles. The number of halogens is 1. The number of allylic oxidation sites excluding steroid dienone is 3. The quantitative estimate of drug-likeness (QED) is 0.558. The molecule has 2 aliphatic rings. The lowest BCUT2D eigenvalue weighted by Crippen LogP contribution is -2.28. The number of ketones is 1. The minimum absolute atomic E-state index is 0.00385. The average Bonchev–Trinajstić information content (AvgIpc) is 2.95. The number of Topliss-reactive ketones (excluding diaryl/α,β-unsaturated/α-hetero) is 1. The van der Waals surface area contributed by atoms with Gasteiger partial charge >= 0.3 is 0 Å². The minimum atomic E-state index is -4.09. The molecule has 0 bridgehead atoms. The lowest BCUT2D eigenvalue weighted by molar-refractivity contribution is -0.118. The third kappa shape index (κ3) is 4.68. The van der Waals surface area contributed by atoms with Crippen molar-refractivity contribution in [2.45, 2.75) is 43.9 Å². The number of imide groups is 1. The second kappa shape index (κ2) is 9.22. The van der Waals surface area contributed by atoms with Crippen LogP contribution in [-0.2, 0) is 25.0 Å². The van der Waals surface area contributed by atoms with Gasteiger partial charge in [0.05, 0.1) is 46.0 Å². The van der Waals surface area contributed by atoms with Gasteiger partial charge in [0.1, 0.15) is 11.5 Å². The summed E-state index contributed by atoms with van der Waals surface area (Å²) in [5, 5.41) is 0.00423. The largest absolute Gasteiger partial charge is 0.501 e. The Morgan fingerprint density at radius 1 is 0.972 bits per heavy atom. The van der Waals surface area contributed by atoms with Crippen molar-refractivity contribution in [3.63, 3.8) is 0 Å². The zero-order valence-corrected chi connectivity index (χ0v) is 21.8. The van der Waals surface area contributed by atoms with Gasteiger partial charge in [-0.1, -0.05) is 50.6 Å². The molecule has 36 heavy (non-hydrogen) atoms. The van der Waals surface area contributed by atoms with Crippen LogP contribution in [0.4, 0.5) is 5.69 Å². The number of anilines is 1. The van der Waals surface area contributed by atoms with Gasteiger partial charge in [-0.25, -0.2) is 13.3 Å². The Morgan fingerprint density at radius 3 is 2.22 bits per heavy atom.